The van der Waals surface area contributed by atoms with E-state index in [4.69, 9.17) is 0 Å². The standard InChI is InChI=1S/C13H13N5O2/c1-8-4-7-17(13(20)15-8)10-9(2)16-12-14-5-3-6-18(12)11(10)19/h3,5-6H,1,4,7H2,2H3,(H,15,20). The van der Waals surface area contributed by atoms with Crippen LogP contribution in [0.3, 0.4) is 0 Å². The van der Waals surface area contributed by atoms with E-state index in [-0.39, 0.29) is 17.3 Å². The van der Waals surface area contributed by atoms with Crippen LogP contribution in [0.5, 0.6) is 0 Å². The molecule has 102 valence electrons. The first-order valence-electron chi connectivity index (χ1n) is 6.18. The van der Waals surface area contributed by atoms with Crippen molar-refractivity contribution in [3.05, 3.63) is 46.8 Å². The minimum absolute atomic E-state index is 0.278. The van der Waals surface area contributed by atoms with Gasteiger partial charge in [0, 0.05) is 31.1 Å². The van der Waals surface area contributed by atoms with Crippen LogP contribution in [0, 0.1) is 6.92 Å². The Hall–Kier alpha value is -2.70. The van der Waals surface area contributed by atoms with Gasteiger partial charge in [-0.25, -0.2) is 14.8 Å². The third kappa shape index (κ3) is 1.83. The monoisotopic (exact) mass is 271 g/mol. The fourth-order valence-electron chi connectivity index (χ4n) is 2.23. The van der Waals surface area contributed by atoms with Gasteiger partial charge in [-0.15, -0.1) is 0 Å². The molecule has 1 aliphatic rings. The van der Waals surface area contributed by atoms with Crippen molar-refractivity contribution in [3.8, 4) is 0 Å². The second-order valence-corrected chi connectivity index (χ2v) is 4.58. The second-order valence-electron chi connectivity index (χ2n) is 4.58. The number of carbonyl (C=O) groups is 1. The molecule has 20 heavy (non-hydrogen) atoms. The van der Waals surface area contributed by atoms with E-state index >= 15 is 0 Å². The van der Waals surface area contributed by atoms with E-state index in [1.807, 2.05) is 0 Å². The van der Waals surface area contributed by atoms with E-state index in [0.29, 0.717) is 30.1 Å². The lowest BCUT2D eigenvalue weighted by molar-refractivity contribution is 0.246. The van der Waals surface area contributed by atoms with Crippen LogP contribution in [0.4, 0.5) is 10.5 Å². The summed E-state index contributed by atoms with van der Waals surface area (Å²) < 4.78 is 1.33. The van der Waals surface area contributed by atoms with Crippen LogP contribution >= 0.6 is 0 Å². The van der Waals surface area contributed by atoms with Crippen LogP contribution in [0.2, 0.25) is 0 Å². The highest BCUT2D eigenvalue weighted by molar-refractivity contribution is 5.94. The predicted octanol–water partition coefficient (Wildman–Crippen LogP) is 0.831. The number of fused-ring (bicyclic) bond motifs is 1. The molecule has 0 atom stereocenters. The molecule has 0 radical (unpaired) electrons. The minimum Gasteiger partial charge on any atom is -0.312 e. The number of aryl methyl sites for hydroxylation is 1. The van der Waals surface area contributed by atoms with E-state index < -0.39 is 0 Å². The third-order valence-corrected chi connectivity index (χ3v) is 3.19. The van der Waals surface area contributed by atoms with E-state index in [1.165, 1.54) is 9.30 Å². The number of aromatic nitrogens is 3. The SMILES string of the molecule is C=C1CCN(c2c(C)nc3ncccn3c2=O)C(=O)N1. The lowest BCUT2D eigenvalue weighted by Crippen LogP contribution is -2.48. The summed E-state index contributed by atoms with van der Waals surface area (Å²) in [5.41, 5.74) is 1.11. The van der Waals surface area contributed by atoms with Gasteiger partial charge in [0.1, 0.15) is 5.69 Å². The average molecular weight is 271 g/mol. The second kappa shape index (κ2) is 4.44. The van der Waals surface area contributed by atoms with Crippen molar-refractivity contribution < 1.29 is 4.79 Å². The molecule has 0 aromatic carbocycles. The van der Waals surface area contributed by atoms with Crippen LogP contribution in [0.1, 0.15) is 12.1 Å². The Morgan fingerprint density at radius 1 is 1.40 bits per heavy atom. The minimum atomic E-state index is -0.355. The van der Waals surface area contributed by atoms with Crippen LogP contribution in [0.15, 0.2) is 35.5 Å². The Balaban J connectivity index is 2.19. The van der Waals surface area contributed by atoms with Gasteiger partial charge >= 0.3 is 6.03 Å². The Kier molecular flexibility index (Phi) is 2.74. The number of nitrogens with one attached hydrogen (secondary N) is 1. The maximum Gasteiger partial charge on any atom is 0.326 e. The first-order valence-corrected chi connectivity index (χ1v) is 6.18. The number of nitrogens with zero attached hydrogens (tertiary/aromatic N) is 4. The molecule has 1 fully saturated rings. The molecular weight excluding hydrogens is 258 g/mol. The zero-order valence-electron chi connectivity index (χ0n) is 11.0. The number of urea groups is 1. The Bertz CT molecular complexity index is 780. The highest BCUT2D eigenvalue weighted by Crippen LogP contribution is 2.18. The zero-order valence-corrected chi connectivity index (χ0v) is 11.0. The fraction of sp³-hybridized carbons (Fsp3) is 0.231. The topological polar surface area (TPSA) is 79.6 Å². The largest absolute Gasteiger partial charge is 0.326 e. The van der Waals surface area contributed by atoms with Crippen molar-refractivity contribution in [1.29, 1.82) is 0 Å². The smallest absolute Gasteiger partial charge is 0.312 e. The predicted molar refractivity (Wildman–Crippen MR) is 73.6 cm³/mol. The molecule has 2 aromatic rings. The number of anilines is 1. The number of carbonyl (C=O) groups excluding carboxylic acids is 1. The molecule has 3 rings (SSSR count). The van der Waals surface area contributed by atoms with Crippen LogP contribution in [-0.4, -0.2) is 26.9 Å². The van der Waals surface area contributed by atoms with Crippen LogP contribution in [-0.2, 0) is 0 Å². The molecular formula is C13H13N5O2. The number of hydrogen-bond acceptors (Lipinski definition) is 4. The molecule has 1 N–H and O–H groups in total. The zero-order chi connectivity index (χ0) is 14.3. The molecule has 2 aromatic heterocycles. The van der Waals surface area contributed by atoms with Gasteiger partial charge in [-0.3, -0.25) is 14.1 Å². The van der Waals surface area contributed by atoms with Gasteiger partial charge in [-0.05, 0) is 13.0 Å². The van der Waals surface area contributed by atoms with Crippen molar-refractivity contribution in [3.63, 3.8) is 0 Å². The Labute approximate surface area is 114 Å². The van der Waals surface area contributed by atoms with Gasteiger partial charge in [-0.1, -0.05) is 6.58 Å². The molecule has 3 heterocycles. The van der Waals surface area contributed by atoms with Gasteiger partial charge in [0.25, 0.3) is 5.56 Å². The van der Waals surface area contributed by atoms with Crippen molar-refractivity contribution in [2.24, 2.45) is 0 Å². The highest BCUT2D eigenvalue weighted by atomic mass is 16.2. The summed E-state index contributed by atoms with van der Waals surface area (Å²) in [6, 6.07) is 1.29. The first kappa shape index (κ1) is 12.3. The molecule has 0 spiro atoms. The summed E-state index contributed by atoms with van der Waals surface area (Å²) in [6.45, 7) is 5.83. The fourth-order valence-corrected chi connectivity index (χ4v) is 2.23. The summed E-state index contributed by atoms with van der Waals surface area (Å²) >= 11 is 0. The lowest BCUT2D eigenvalue weighted by atomic mass is 10.2. The Morgan fingerprint density at radius 3 is 2.95 bits per heavy atom. The molecule has 7 heteroatoms. The molecule has 1 saturated heterocycles. The van der Waals surface area contributed by atoms with E-state index in [2.05, 4.69) is 21.9 Å². The van der Waals surface area contributed by atoms with Crippen LogP contribution < -0.4 is 15.8 Å². The first-order chi connectivity index (χ1) is 9.58. The average Bonchev–Trinajstić information content (AvgIpc) is 2.41. The summed E-state index contributed by atoms with van der Waals surface area (Å²) in [6.07, 6.45) is 3.75. The highest BCUT2D eigenvalue weighted by Gasteiger charge is 2.26. The van der Waals surface area contributed by atoms with Gasteiger partial charge < -0.3 is 5.32 Å². The normalized spacial score (nSPS) is 15.6. The molecule has 0 saturated carbocycles. The summed E-state index contributed by atoms with van der Waals surface area (Å²) in [5, 5.41) is 2.63. The number of hydrogen-bond donors (Lipinski definition) is 1. The van der Waals surface area contributed by atoms with Gasteiger partial charge in [0.2, 0.25) is 5.78 Å². The van der Waals surface area contributed by atoms with E-state index in [0.717, 1.165) is 0 Å². The third-order valence-electron chi connectivity index (χ3n) is 3.19. The van der Waals surface area contributed by atoms with E-state index in [1.54, 1.807) is 25.4 Å². The summed E-state index contributed by atoms with van der Waals surface area (Å²) in [5.74, 6) is 0.320. The molecule has 2 amide bonds. The van der Waals surface area contributed by atoms with Crippen molar-refractivity contribution in [2.45, 2.75) is 13.3 Å². The summed E-state index contributed by atoms with van der Waals surface area (Å²) in [7, 11) is 0. The maximum absolute atomic E-state index is 12.5. The summed E-state index contributed by atoms with van der Waals surface area (Å²) in [4.78, 5) is 34.2. The quantitative estimate of drug-likeness (QED) is 0.833. The molecule has 0 bridgehead atoms. The molecule has 1 aliphatic heterocycles. The van der Waals surface area contributed by atoms with Gasteiger partial charge in [0.15, 0.2) is 0 Å². The molecule has 0 aliphatic carbocycles. The van der Waals surface area contributed by atoms with Crippen molar-refractivity contribution in [2.75, 3.05) is 11.4 Å². The lowest BCUT2D eigenvalue weighted by Gasteiger charge is -2.28. The maximum atomic E-state index is 12.5. The van der Waals surface area contributed by atoms with Crippen LogP contribution in [0.25, 0.3) is 5.78 Å². The van der Waals surface area contributed by atoms with Crippen molar-refractivity contribution in [1.82, 2.24) is 19.7 Å². The molecule has 7 nitrogen and oxygen atoms in total. The number of rotatable bonds is 1. The van der Waals surface area contributed by atoms with Crippen molar-refractivity contribution >= 4 is 17.5 Å². The van der Waals surface area contributed by atoms with E-state index in [9.17, 15) is 9.59 Å². The number of amides is 2. The Morgan fingerprint density at radius 2 is 2.20 bits per heavy atom. The van der Waals surface area contributed by atoms with Gasteiger partial charge in [0.05, 0.1) is 5.69 Å². The molecule has 0 unspecified atom stereocenters. The van der Waals surface area contributed by atoms with Gasteiger partial charge in [-0.2, -0.15) is 0 Å².